The van der Waals surface area contributed by atoms with Crippen molar-refractivity contribution in [2.24, 2.45) is 0 Å². The van der Waals surface area contributed by atoms with Crippen molar-refractivity contribution in [3.05, 3.63) is 151 Å². The average molecular weight is 530 g/mol. The van der Waals surface area contributed by atoms with Gasteiger partial charge in [-0.3, -0.25) is 19.0 Å². The molecule has 1 aliphatic rings. The normalized spacial score (nSPS) is 13.9. The standard InChI is InChI=1S/C36H27N5/c37-36-30(29-17-8-10-19-33(29)41(36)27-15-5-2-6-16-27)23-28-24-31-34(20-11-21-38-31)40(28)35-22-25-12-7-9-18-32(25)39(35)26-13-3-1-4-14-26/h1-23H,24,37H2/b28-23+. The van der Waals surface area contributed by atoms with Crippen LogP contribution in [-0.2, 0) is 6.42 Å². The first kappa shape index (κ1) is 23.3. The highest BCUT2D eigenvalue weighted by atomic mass is 15.3. The number of nitrogen functional groups attached to an aromatic ring is 1. The lowest BCUT2D eigenvalue weighted by atomic mass is 10.1. The second-order valence-corrected chi connectivity index (χ2v) is 10.3. The fourth-order valence-corrected chi connectivity index (χ4v) is 6.17. The molecule has 4 aromatic carbocycles. The van der Waals surface area contributed by atoms with Crippen molar-refractivity contribution in [1.29, 1.82) is 0 Å². The second kappa shape index (κ2) is 9.28. The molecule has 0 saturated carbocycles. The van der Waals surface area contributed by atoms with Gasteiger partial charge >= 0.3 is 0 Å². The number of aromatic nitrogens is 3. The number of para-hydroxylation sites is 4. The molecule has 3 aromatic heterocycles. The zero-order valence-corrected chi connectivity index (χ0v) is 22.4. The molecule has 7 aromatic rings. The van der Waals surface area contributed by atoms with Gasteiger partial charge in [0.25, 0.3) is 0 Å². The molecule has 41 heavy (non-hydrogen) atoms. The van der Waals surface area contributed by atoms with Gasteiger partial charge in [-0.15, -0.1) is 0 Å². The lowest BCUT2D eigenvalue weighted by Crippen LogP contribution is -2.15. The Labute approximate surface area is 238 Å². The van der Waals surface area contributed by atoms with E-state index < -0.39 is 0 Å². The fraction of sp³-hybridized carbons (Fsp3) is 0.0278. The van der Waals surface area contributed by atoms with Crippen LogP contribution >= 0.6 is 0 Å². The summed E-state index contributed by atoms with van der Waals surface area (Å²) >= 11 is 0. The van der Waals surface area contributed by atoms with Crippen LogP contribution in [0.25, 0.3) is 39.3 Å². The average Bonchev–Trinajstić information content (AvgIpc) is 3.67. The Hall–Kier alpha value is -5.55. The van der Waals surface area contributed by atoms with Gasteiger partial charge in [0.2, 0.25) is 0 Å². The first-order chi connectivity index (χ1) is 20.3. The van der Waals surface area contributed by atoms with Crippen LogP contribution < -0.4 is 10.6 Å². The molecule has 0 aliphatic carbocycles. The Morgan fingerprint density at radius 2 is 1.32 bits per heavy atom. The van der Waals surface area contributed by atoms with Crippen LogP contribution in [0, 0.1) is 0 Å². The van der Waals surface area contributed by atoms with Crippen molar-refractivity contribution in [1.82, 2.24) is 14.1 Å². The van der Waals surface area contributed by atoms with Crippen LogP contribution in [0.5, 0.6) is 0 Å². The molecule has 2 N–H and O–H groups in total. The molecular formula is C36H27N5. The largest absolute Gasteiger partial charge is 0.384 e. The molecule has 5 heteroatoms. The van der Waals surface area contributed by atoms with Gasteiger partial charge in [-0.1, -0.05) is 72.8 Å². The molecule has 0 radical (unpaired) electrons. The van der Waals surface area contributed by atoms with Gasteiger partial charge in [-0.05, 0) is 60.7 Å². The number of fused-ring (bicyclic) bond motifs is 3. The van der Waals surface area contributed by atoms with E-state index in [1.54, 1.807) is 0 Å². The smallest absolute Gasteiger partial charge is 0.123 e. The molecule has 0 saturated heterocycles. The molecule has 4 heterocycles. The number of pyridine rings is 1. The zero-order chi connectivity index (χ0) is 27.3. The maximum atomic E-state index is 6.98. The number of hydrogen-bond acceptors (Lipinski definition) is 3. The van der Waals surface area contributed by atoms with E-state index in [1.165, 1.54) is 5.39 Å². The van der Waals surface area contributed by atoms with Crippen molar-refractivity contribution in [3.8, 4) is 11.4 Å². The molecular weight excluding hydrogens is 502 g/mol. The maximum Gasteiger partial charge on any atom is 0.123 e. The van der Waals surface area contributed by atoms with Gasteiger partial charge in [0.15, 0.2) is 0 Å². The number of rotatable bonds is 4. The molecule has 0 unspecified atom stereocenters. The lowest BCUT2D eigenvalue weighted by molar-refractivity contribution is 1.04. The highest BCUT2D eigenvalue weighted by molar-refractivity contribution is 5.99. The summed E-state index contributed by atoms with van der Waals surface area (Å²) in [5, 5.41) is 2.30. The molecule has 0 spiro atoms. The number of benzene rings is 4. The van der Waals surface area contributed by atoms with Crippen LogP contribution in [-0.4, -0.2) is 14.1 Å². The lowest BCUT2D eigenvalue weighted by Gasteiger charge is -2.24. The van der Waals surface area contributed by atoms with E-state index in [9.17, 15) is 0 Å². The molecule has 196 valence electrons. The minimum Gasteiger partial charge on any atom is -0.384 e. The molecule has 5 nitrogen and oxygen atoms in total. The van der Waals surface area contributed by atoms with E-state index in [0.29, 0.717) is 6.42 Å². The van der Waals surface area contributed by atoms with Crippen molar-refractivity contribution < 1.29 is 0 Å². The van der Waals surface area contributed by atoms with Crippen molar-refractivity contribution in [2.75, 3.05) is 10.6 Å². The van der Waals surface area contributed by atoms with E-state index in [2.05, 4.69) is 123 Å². The Balaban J connectivity index is 1.39. The van der Waals surface area contributed by atoms with Crippen molar-refractivity contribution in [3.63, 3.8) is 0 Å². The number of allylic oxidation sites excluding steroid dienone is 1. The molecule has 0 amide bonds. The summed E-state index contributed by atoms with van der Waals surface area (Å²) in [5.74, 6) is 1.79. The maximum absolute atomic E-state index is 6.98. The minimum absolute atomic E-state index is 0.705. The topological polar surface area (TPSA) is 52.0 Å². The Morgan fingerprint density at radius 1 is 0.659 bits per heavy atom. The van der Waals surface area contributed by atoms with Gasteiger partial charge in [-0.25, -0.2) is 0 Å². The molecule has 1 aliphatic heterocycles. The fourth-order valence-electron chi connectivity index (χ4n) is 6.17. The van der Waals surface area contributed by atoms with Crippen LogP contribution in [0.15, 0.2) is 139 Å². The monoisotopic (exact) mass is 529 g/mol. The predicted molar refractivity (Wildman–Crippen MR) is 169 cm³/mol. The highest BCUT2D eigenvalue weighted by Gasteiger charge is 2.30. The molecule has 0 atom stereocenters. The van der Waals surface area contributed by atoms with E-state index in [4.69, 9.17) is 10.7 Å². The van der Waals surface area contributed by atoms with Gasteiger partial charge in [-0.2, -0.15) is 0 Å². The third kappa shape index (κ3) is 3.67. The summed E-state index contributed by atoms with van der Waals surface area (Å²) in [7, 11) is 0. The van der Waals surface area contributed by atoms with E-state index in [-0.39, 0.29) is 0 Å². The third-order valence-corrected chi connectivity index (χ3v) is 7.96. The van der Waals surface area contributed by atoms with Crippen molar-refractivity contribution in [2.45, 2.75) is 6.42 Å². The van der Waals surface area contributed by atoms with Gasteiger partial charge < -0.3 is 5.73 Å². The number of nitrogens with two attached hydrogens (primary N) is 1. The highest BCUT2D eigenvalue weighted by Crippen LogP contribution is 2.44. The Bertz CT molecular complexity index is 2080. The van der Waals surface area contributed by atoms with Crippen molar-refractivity contribution >= 4 is 45.2 Å². The summed E-state index contributed by atoms with van der Waals surface area (Å²) in [5.41, 5.74) is 15.7. The number of hydrogen-bond donors (Lipinski definition) is 1. The van der Waals surface area contributed by atoms with Gasteiger partial charge in [0.05, 0.1) is 22.4 Å². The predicted octanol–water partition coefficient (Wildman–Crippen LogP) is 8.29. The SMILES string of the molecule is Nc1c(/C=C2\Cc3ncccc3N2c2cc3ccccc3n2-c2ccccc2)c2ccccc2n1-c1ccccc1. The van der Waals surface area contributed by atoms with Crippen LogP contribution in [0.1, 0.15) is 11.3 Å². The Morgan fingerprint density at radius 3 is 2.10 bits per heavy atom. The summed E-state index contributed by atoms with van der Waals surface area (Å²) in [6, 6.07) is 44.3. The zero-order valence-electron chi connectivity index (χ0n) is 22.4. The summed E-state index contributed by atoms with van der Waals surface area (Å²) in [6.45, 7) is 0. The van der Waals surface area contributed by atoms with Crippen LogP contribution in [0.2, 0.25) is 0 Å². The van der Waals surface area contributed by atoms with E-state index in [1.807, 2.05) is 30.5 Å². The molecule has 0 fully saturated rings. The first-order valence-corrected chi connectivity index (χ1v) is 13.8. The van der Waals surface area contributed by atoms with Crippen LogP contribution in [0.4, 0.5) is 17.3 Å². The first-order valence-electron chi connectivity index (χ1n) is 13.8. The van der Waals surface area contributed by atoms with Gasteiger partial charge in [0.1, 0.15) is 11.6 Å². The number of anilines is 3. The minimum atomic E-state index is 0.705. The Kier molecular flexibility index (Phi) is 5.28. The van der Waals surface area contributed by atoms with Crippen LogP contribution in [0.3, 0.4) is 0 Å². The summed E-state index contributed by atoms with van der Waals surface area (Å²) < 4.78 is 4.48. The van der Waals surface area contributed by atoms with Gasteiger partial charge in [0, 0.05) is 46.0 Å². The second-order valence-electron chi connectivity index (χ2n) is 10.3. The number of nitrogens with zero attached hydrogens (tertiary/aromatic N) is 4. The van der Waals surface area contributed by atoms with E-state index >= 15 is 0 Å². The summed E-state index contributed by atoms with van der Waals surface area (Å²) in [4.78, 5) is 7.14. The quantitative estimate of drug-likeness (QED) is 0.250. The molecule has 8 rings (SSSR count). The summed E-state index contributed by atoms with van der Waals surface area (Å²) in [6.07, 6.45) is 4.84. The van der Waals surface area contributed by atoms with E-state index in [0.717, 1.165) is 62.1 Å². The third-order valence-electron chi connectivity index (χ3n) is 7.96. The molecule has 0 bridgehead atoms.